The van der Waals surface area contributed by atoms with E-state index in [2.05, 4.69) is 20.9 Å². The number of methoxy groups -OCH3 is 2. The average molecular weight is 497 g/mol. The minimum atomic E-state index is -0.955. The number of benzene rings is 1. The molecule has 0 N–H and O–H groups in total. The molecule has 1 unspecified atom stereocenters. The third-order valence-electron chi connectivity index (χ3n) is 5.12. The van der Waals surface area contributed by atoms with E-state index < -0.39 is 12.1 Å². The molecule has 0 radical (unpaired) electrons. The van der Waals surface area contributed by atoms with Crippen LogP contribution in [0.3, 0.4) is 0 Å². The first-order valence-corrected chi connectivity index (χ1v) is 11.5. The van der Waals surface area contributed by atoms with Crippen molar-refractivity contribution in [2.45, 2.75) is 51.2 Å². The van der Waals surface area contributed by atoms with Gasteiger partial charge in [-0.2, -0.15) is 0 Å². The van der Waals surface area contributed by atoms with Crippen LogP contribution in [0.5, 0.6) is 11.5 Å². The van der Waals surface area contributed by atoms with Gasteiger partial charge in [0.25, 0.3) is 5.91 Å². The lowest BCUT2D eigenvalue weighted by atomic mass is 9.94. The zero-order valence-corrected chi connectivity index (χ0v) is 19.6. The fraction of sp³-hybridized carbons (Fsp3) is 0.476. The number of hydrogen-bond donors (Lipinski definition) is 0. The molecular weight excluding hydrogens is 472 g/mol. The highest BCUT2D eigenvalue weighted by molar-refractivity contribution is 9.10. The Hall–Kier alpha value is -2.13. The summed E-state index contributed by atoms with van der Waals surface area (Å²) in [7, 11) is 2.99. The van der Waals surface area contributed by atoms with Crippen molar-refractivity contribution in [3.8, 4) is 11.5 Å². The number of anilines is 1. The van der Waals surface area contributed by atoms with Crippen molar-refractivity contribution in [2.24, 2.45) is 0 Å². The zero-order valence-electron chi connectivity index (χ0n) is 17.2. The minimum absolute atomic E-state index is 0.0754. The maximum absolute atomic E-state index is 13.3. The van der Waals surface area contributed by atoms with Gasteiger partial charge < -0.3 is 14.2 Å². The van der Waals surface area contributed by atoms with Crippen LogP contribution in [-0.4, -0.2) is 43.2 Å². The average Bonchev–Trinajstić information content (AvgIpc) is 3.29. The zero-order chi connectivity index (χ0) is 21.7. The van der Waals surface area contributed by atoms with Crippen LogP contribution in [0, 0.1) is 0 Å². The molecule has 9 heteroatoms. The Labute approximate surface area is 188 Å². The van der Waals surface area contributed by atoms with E-state index in [-0.39, 0.29) is 17.5 Å². The molecule has 1 amide bonds. The highest BCUT2D eigenvalue weighted by Crippen LogP contribution is 2.36. The fourth-order valence-electron chi connectivity index (χ4n) is 3.57. The van der Waals surface area contributed by atoms with Crippen LogP contribution in [0.1, 0.15) is 49.4 Å². The number of hydrogen-bond acceptors (Lipinski definition) is 7. The van der Waals surface area contributed by atoms with Gasteiger partial charge >= 0.3 is 5.97 Å². The van der Waals surface area contributed by atoms with E-state index in [1.165, 1.54) is 32.0 Å². The predicted molar refractivity (Wildman–Crippen MR) is 119 cm³/mol. The van der Waals surface area contributed by atoms with Gasteiger partial charge in [0.05, 0.1) is 19.8 Å². The molecule has 0 aliphatic heterocycles. The SMILES string of the molecule is COc1cc(C(=O)OC(C)C(=O)N(c2nccs2)C2CCCCC2)cc(OC)c1Br. The van der Waals surface area contributed by atoms with Crippen molar-refractivity contribution in [3.05, 3.63) is 33.7 Å². The summed E-state index contributed by atoms with van der Waals surface area (Å²) in [4.78, 5) is 32.1. The molecule has 162 valence electrons. The molecule has 1 aromatic carbocycles. The van der Waals surface area contributed by atoms with Crippen LogP contribution >= 0.6 is 27.3 Å². The molecule has 0 spiro atoms. The van der Waals surface area contributed by atoms with Crippen molar-refractivity contribution in [1.29, 1.82) is 0 Å². The fourth-order valence-corrected chi connectivity index (χ4v) is 4.84. The van der Waals surface area contributed by atoms with Gasteiger partial charge in [-0.25, -0.2) is 9.78 Å². The third-order valence-corrected chi connectivity index (χ3v) is 6.67. The number of thiazole rings is 1. The van der Waals surface area contributed by atoms with Gasteiger partial charge in [0.1, 0.15) is 16.0 Å². The summed E-state index contributed by atoms with van der Waals surface area (Å²) < 4.78 is 16.7. The summed E-state index contributed by atoms with van der Waals surface area (Å²) in [6.07, 6.45) is 5.90. The first-order valence-electron chi connectivity index (χ1n) is 9.81. The molecule has 1 fully saturated rings. The van der Waals surface area contributed by atoms with Crippen molar-refractivity contribution >= 4 is 44.3 Å². The van der Waals surface area contributed by atoms with Crippen molar-refractivity contribution in [3.63, 3.8) is 0 Å². The number of halogens is 1. The normalized spacial score (nSPS) is 15.3. The minimum Gasteiger partial charge on any atom is -0.495 e. The van der Waals surface area contributed by atoms with Crippen LogP contribution in [0.25, 0.3) is 0 Å². The molecule has 1 aliphatic rings. The lowest BCUT2D eigenvalue weighted by Gasteiger charge is -2.33. The van der Waals surface area contributed by atoms with Gasteiger partial charge in [-0.05, 0) is 47.8 Å². The first-order chi connectivity index (χ1) is 14.5. The summed E-state index contributed by atoms with van der Waals surface area (Å²) >= 11 is 4.79. The second kappa shape index (κ2) is 10.3. The largest absolute Gasteiger partial charge is 0.495 e. The number of aromatic nitrogens is 1. The van der Waals surface area contributed by atoms with Gasteiger partial charge in [-0.3, -0.25) is 9.69 Å². The summed E-state index contributed by atoms with van der Waals surface area (Å²) in [5, 5.41) is 2.48. The van der Waals surface area contributed by atoms with E-state index in [1.807, 2.05) is 5.38 Å². The highest BCUT2D eigenvalue weighted by Gasteiger charge is 2.33. The molecule has 1 aliphatic carbocycles. The molecule has 7 nitrogen and oxygen atoms in total. The number of amides is 1. The Balaban J connectivity index is 1.79. The Bertz CT molecular complexity index is 859. The van der Waals surface area contributed by atoms with Gasteiger partial charge in [0.15, 0.2) is 11.2 Å². The quantitative estimate of drug-likeness (QED) is 0.510. The number of rotatable bonds is 7. The number of ether oxygens (including phenoxy) is 3. The van der Waals surface area contributed by atoms with E-state index in [4.69, 9.17) is 14.2 Å². The Kier molecular flexibility index (Phi) is 7.71. The first kappa shape index (κ1) is 22.6. The smallest absolute Gasteiger partial charge is 0.339 e. The van der Waals surface area contributed by atoms with Gasteiger partial charge in [0.2, 0.25) is 0 Å². The number of esters is 1. The number of carbonyl (C=O) groups is 2. The predicted octanol–water partition coefficient (Wildman–Crippen LogP) is 4.83. The maximum atomic E-state index is 13.3. The topological polar surface area (TPSA) is 78.0 Å². The van der Waals surface area contributed by atoms with Crippen molar-refractivity contribution in [2.75, 3.05) is 19.1 Å². The van der Waals surface area contributed by atoms with Crippen LogP contribution < -0.4 is 14.4 Å². The lowest BCUT2D eigenvalue weighted by molar-refractivity contribution is -0.127. The van der Waals surface area contributed by atoms with E-state index >= 15 is 0 Å². The number of nitrogens with zero attached hydrogens (tertiary/aromatic N) is 2. The second-order valence-corrected chi connectivity index (χ2v) is 8.72. The second-order valence-electron chi connectivity index (χ2n) is 7.06. The summed E-state index contributed by atoms with van der Waals surface area (Å²) in [6.45, 7) is 1.59. The standard InChI is InChI=1S/C21H25BrN2O5S/c1-13(29-20(26)14-11-16(27-2)18(22)17(12-14)28-3)19(25)24(21-23-9-10-30-21)15-7-5-4-6-8-15/h9-13,15H,4-8H2,1-3H3. The Morgan fingerprint density at radius 3 is 2.33 bits per heavy atom. The Morgan fingerprint density at radius 2 is 1.80 bits per heavy atom. The van der Waals surface area contributed by atoms with E-state index in [0.29, 0.717) is 21.1 Å². The van der Waals surface area contributed by atoms with E-state index in [9.17, 15) is 9.59 Å². The Morgan fingerprint density at radius 1 is 1.17 bits per heavy atom. The molecule has 0 saturated heterocycles. The van der Waals surface area contributed by atoms with Crippen LogP contribution in [0.2, 0.25) is 0 Å². The van der Waals surface area contributed by atoms with E-state index in [1.54, 1.807) is 30.2 Å². The highest BCUT2D eigenvalue weighted by atomic mass is 79.9. The van der Waals surface area contributed by atoms with Crippen LogP contribution in [0.4, 0.5) is 5.13 Å². The summed E-state index contributed by atoms with van der Waals surface area (Å²) in [6, 6.07) is 3.17. The summed E-state index contributed by atoms with van der Waals surface area (Å²) in [5.74, 6) is -0.0114. The molecule has 0 bridgehead atoms. The van der Waals surface area contributed by atoms with E-state index in [0.717, 1.165) is 25.7 Å². The summed E-state index contributed by atoms with van der Waals surface area (Å²) in [5.41, 5.74) is 0.241. The molecule has 3 rings (SSSR count). The van der Waals surface area contributed by atoms with Crippen molar-refractivity contribution < 1.29 is 23.8 Å². The van der Waals surface area contributed by atoms with Crippen molar-refractivity contribution in [1.82, 2.24) is 4.98 Å². The van der Waals surface area contributed by atoms with Gasteiger partial charge in [0, 0.05) is 17.6 Å². The molecule has 1 atom stereocenters. The number of carbonyl (C=O) groups excluding carboxylic acids is 2. The van der Waals surface area contributed by atoms with Gasteiger partial charge in [-0.1, -0.05) is 19.3 Å². The van der Waals surface area contributed by atoms with Crippen LogP contribution in [-0.2, 0) is 9.53 Å². The molecular formula is C21H25BrN2O5S. The molecule has 1 aromatic heterocycles. The third kappa shape index (κ3) is 4.95. The molecule has 2 aromatic rings. The van der Waals surface area contributed by atoms with Gasteiger partial charge in [-0.15, -0.1) is 11.3 Å². The molecule has 1 saturated carbocycles. The molecule has 30 heavy (non-hydrogen) atoms. The van der Waals surface area contributed by atoms with Crippen LogP contribution in [0.15, 0.2) is 28.2 Å². The maximum Gasteiger partial charge on any atom is 0.339 e. The molecule has 1 heterocycles. The lowest BCUT2D eigenvalue weighted by Crippen LogP contribution is -2.47. The monoisotopic (exact) mass is 496 g/mol.